The first-order valence-corrected chi connectivity index (χ1v) is 8.56. The first kappa shape index (κ1) is 17.1. The number of amides is 1. The van der Waals surface area contributed by atoms with Crippen molar-refractivity contribution in [1.82, 2.24) is 20.1 Å². The highest BCUT2D eigenvalue weighted by atomic mass is 16.5. The second-order valence-corrected chi connectivity index (χ2v) is 6.05. The second kappa shape index (κ2) is 7.46. The van der Waals surface area contributed by atoms with Crippen molar-refractivity contribution in [2.45, 2.75) is 45.7 Å². The van der Waals surface area contributed by atoms with E-state index in [-0.39, 0.29) is 18.0 Å². The number of rotatable bonds is 6. The van der Waals surface area contributed by atoms with Gasteiger partial charge in [0.2, 0.25) is 11.8 Å². The normalized spacial score (nSPS) is 14.0. The van der Waals surface area contributed by atoms with Gasteiger partial charge in [0, 0.05) is 24.4 Å². The Morgan fingerprint density at radius 2 is 2.28 bits per heavy atom. The van der Waals surface area contributed by atoms with Gasteiger partial charge in [0.25, 0.3) is 5.56 Å². The summed E-state index contributed by atoms with van der Waals surface area (Å²) in [5, 5.41) is 7.21. The standard InChI is InChI=1S/C18H22N4O3/c1-3-25-18-14(7-5-9-19-18)11-20-17(24)12(2)22-16(23)10-13-6-4-8-15(13)21-22/h5,7,9-10,12H,3-4,6,8,11H2,1-2H3,(H,20,24). The third-order valence-electron chi connectivity index (χ3n) is 4.31. The van der Waals surface area contributed by atoms with Crippen molar-refractivity contribution < 1.29 is 9.53 Å². The molecular weight excluding hydrogens is 320 g/mol. The molecule has 1 unspecified atom stereocenters. The molecule has 0 spiro atoms. The minimum Gasteiger partial charge on any atom is -0.478 e. The van der Waals surface area contributed by atoms with Crippen LogP contribution in [0.15, 0.2) is 29.2 Å². The highest BCUT2D eigenvalue weighted by molar-refractivity contribution is 5.79. The van der Waals surface area contributed by atoms with Gasteiger partial charge in [0.1, 0.15) is 6.04 Å². The van der Waals surface area contributed by atoms with Gasteiger partial charge in [-0.05, 0) is 44.7 Å². The number of ether oxygens (including phenoxy) is 1. The Morgan fingerprint density at radius 1 is 1.44 bits per heavy atom. The van der Waals surface area contributed by atoms with Gasteiger partial charge >= 0.3 is 0 Å². The summed E-state index contributed by atoms with van der Waals surface area (Å²) in [7, 11) is 0. The summed E-state index contributed by atoms with van der Waals surface area (Å²) in [5.41, 5.74) is 2.48. The van der Waals surface area contributed by atoms with E-state index in [0.717, 1.165) is 36.1 Å². The number of nitrogens with zero attached hydrogens (tertiary/aromatic N) is 3. The van der Waals surface area contributed by atoms with E-state index in [0.29, 0.717) is 12.5 Å². The average molecular weight is 342 g/mol. The summed E-state index contributed by atoms with van der Waals surface area (Å²) < 4.78 is 6.72. The molecule has 0 fully saturated rings. The molecule has 1 N–H and O–H groups in total. The van der Waals surface area contributed by atoms with Crippen LogP contribution in [0, 0.1) is 0 Å². The van der Waals surface area contributed by atoms with E-state index in [9.17, 15) is 9.59 Å². The predicted molar refractivity (Wildman–Crippen MR) is 92.5 cm³/mol. The molecule has 0 aromatic carbocycles. The molecular formula is C18H22N4O3. The minimum absolute atomic E-state index is 0.236. The van der Waals surface area contributed by atoms with Gasteiger partial charge in [-0.2, -0.15) is 5.10 Å². The van der Waals surface area contributed by atoms with Crippen LogP contribution in [0.1, 0.15) is 43.1 Å². The van der Waals surface area contributed by atoms with Gasteiger partial charge in [0.05, 0.1) is 12.3 Å². The quantitative estimate of drug-likeness (QED) is 0.858. The maximum Gasteiger partial charge on any atom is 0.267 e. The average Bonchev–Trinajstić information content (AvgIpc) is 3.06. The van der Waals surface area contributed by atoms with Crippen molar-refractivity contribution in [3.05, 3.63) is 51.6 Å². The molecule has 7 nitrogen and oxygen atoms in total. The number of carbonyl (C=O) groups excluding carboxylic acids is 1. The van der Waals surface area contributed by atoms with Crippen molar-refractivity contribution in [3.63, 3.8) is 0 Å². The summed E-state index contributed by atoms with van der Waals surface area (Å²) in [6, 6.07) is 4.57. The summed E-state index contributed by atoms with van der Waals surface area (Å²) >= 11 is 0. The molecule has 2 aromatic rings. The van der Waals surface area contributed by atoms with Crippen LogP contribution in [0.2, 0.25) is 0 Å². The van der Waals surface area contributed by atoms with Crippen LogP contribution in [-0.2, 0) is 24.2 Å². The number of carbonyl (C=O) groups is 1. The Balaban J connectivity index is 1.71. The van der Waals surface area contributed by atoms with Crippen molar-refractivity contribution in [3.8, 4) is 5.88 Å². The summed E-state index contributed by atoms with van der Waals surface area (Å²) in [6.45, 7) is 4.34. The van der Waals surface area contributed by atoms with Gasteiger partial charge in [0.15, 0.2) is 0 Å². The van der Waals surface area contributed by atoms with Crippen LogP contribution in [0.4, 0.5) is 0 Å². The second-order valence-electron chi connectivity index (χ2n) is 6.05. The molecule has 2 aromatic heterocycles. The molecule has 2 heterocycles. The maximum absolute atomic E-state index is 12.5. The lowest BCUT2D eigenvalue weighted by Gasteiger charge is -2.16. The molecule has 0 saturated carbocycles. The third kappa shape index (κ3) is 3.70. The van der Waals surface area contributed by atoms with Crippen LogP contribution in [-0.4, -0.2) is 27.3 Å². The van der Waals surface area contributed by atoms with Gasteiger partial charge in [-0.1, -0.05) is 6.07 Å². The number of hydrogen-bond donors (Lipinski definition) is 1. The highest BCUT2D eigenvalue weighted by Crippen LogP contribution is 2.18. The van der Waals surface area contributed by atoms with E-state index in [4.69, 9.17) is 4.74 Å². The lowest BCUT2D eigenvalue weighted by molar-refractivity contribution is -0.124. The Morgan fingerprint density at radius 3 is 3.08 bits per heavy atom. The molecule has 3 rings (SSSR count). The molecule has 0 bridgehead atoms. The first-order chi connectivity index (χ1) is 12.1. The third-order valence-corrected chi connectivity index (χ3v) is 4.31. The van der Waals surface area contributed by atoms with E-state index < -0.39 is 6.04 Å². The number of pyridine rings is 1. The SMILES string of the molecule is CCOc1ncccc1CNC(=O)C(C)n1nc2c(cc1=O)CCC2. The fourth-order valence-electron chi connectivity index (χ4n) is 2.96. The van der Waals surface area contributed by atoms with E-state index in [1.54, 1.807) is 25.3 Å². The number of fused-ring (bicyclic) bond motifs is 1. The zero-order valence-electron chi connectivity index (χ0n) is 14.5. The predicted octanol–water partition coefficient (Wildman–Crippen LogP) is 1.40. The van der Waals surface area contributed by atoms with Gasteiger partial charge in [-0.3, -0.25) is 9.59 Å². The molecule has 0 aliphatic heterocycles. The van der Waals surface area contributed by atoms with Gasteiger partial charge in [-0.25, -0.2) is 9.67 Å². The van der Waals surface area contributed by atoms with E-state index in [2.05, 4.69) is 15.4 Å². The van der Waals surface area contributed by atoms with Gasteiger partial charge < -0.3 is 10.1 Å². The van der Waals surface area contributed by atoms with Crippen molar-refractivity contribution >= 4 is 5.91 Å². The molecule has 0 saturated heterocycles. The number of aromatic nitrogens is 3. The Hall–Kier alpha value is -2.70. The molecule has 7 heteroatoms. The van der Waals surface area contributed by atoms with E-state index in [1.807, 2.05) is 13.0 Å². The van der Waals surface area contributed by atoms with Crippen LogP contribution in [0.3, 0.4) is 0 Å². The lowest BCUT2D eigenvalue weighted by atomic mass is 10.2. The van der Waals surface area contributed by atoms with Crippen LogP contribution in [0.5, 0.6) is 5.88 Å². The largest absolute Gasteiger partial charge is 0.478 e. The van der Waals surface area contributed by atoms with Crippen LogP contribution in [0.25, 0.3) is 0 Å². The maximum atomic E-state index is 12.5. The van der Waals surface area contributed by atoms with Crippen LogP contribution >= 0.6 is 0 Å². The zero-order valence-corrected chi connectivity index (χ0v) is 14.5. The molecule has 1 aliphatic carbocycles. The molecule has 0 radical (unpaired) electrons. The van der Waals surface area contributed by atoms with Crippen molar-refractivity contribution in [2.75, 3.05) is 6.61 Å². The van der Waals surface area contributed by atoms with Crippen molar-refractivity contribution in [1.29, 1.82) is 0 Å². The smallest absolute Gasteiger partial charge is 0.267 e. The highest BCUT2D eigenvalue weighted by Gasteiger charge is 2.21. The molecule has 132 valence electrons. The summed E-state index contributed by atoms with van der Waals surface area (Å²) in [4.78, 5) is 28.9. The zero-order chi connectivity index (χ0) is 17.8. The first-order valence-electron chi connectivity index (χ1n) is 8.56. The molecule has 1 amide bonds. The monoisotopic (exact) mass is 342 g/mol. The molecule has 1 aliphatic rings. The van der Waals surface area contributed by atoms with E-state index >= 15 is 0 Å². The fourth-order valence-corrected chi connectivity index (χ4v) is 2.96. The van der Waals surface area contributed by atoms with Gasteiger partial charge in [-0.15, -0.1) is 0 Å². The minimum atomic E-state index is -0.675. The summed E-state index contributed by atoms with van der Waals surface area (Å²) in [6.07, 6.45) is 4.40. The fraction of sp³-hybridized carbons (Fsp3) is 0.444. The number of hydrogen-bond acceptors (Lipinski definition) is 5. The number of nitrogens with one attached hydrogen (secondary N) is 1. The Labute approximate surface area is 146 Å². The Bertz CT molecular complexity index is 831. The van der Waals surface area contributed by atoms with Crippen molar-refractivity contribution in [2.24, 2.45) is 0 Å². The molecule has 25 heavy (non-hydrogen) atoms. The van der Waals surface area contributed by atoms with Crippen LogP contribution < -0.4 is 15.6 Å². The molecule has 1 atom stereocenters. The summed E-state index contributed by atoms with van der Waals surface area (Å²) in [5.74, 6) is 0.240. The number of aryl methyl sites for hydroxylation is 2. The topological polar surface area (TPSA) is 86.1 Å². The Kier molecular flexibility index (Phi) is 5.11. The lowest BCUT2D eigenvalue weighted by Crippen LogP contribution is -2.37. The van der Waals surface area contributed by atoms with E-state index in [1.165, 1.54) is 4.68 Å².